The summed E-state index contributed by atoms with van der Waals surface area (Å²) in [7, 11) is 0. The van der Waals surface area contributed by atoms with Crippen LogP contribution in [0, 0.1) is 13.8 Å². The monoisotopic (exact) mass is 873 g/mol. The largest absolute Gasteiger partial charge is 0.456 e. The van der Waals surface area contributed by atoms with Gasteiger partial charge in [-0.25, -0.2) is 0 Å². The molecule has 2 heterocycles. The number of rotatable bonds is 7. The molecule has 2 aromatic heterocycles. The first kappa shape index (κ1) is 39.9. The molecule has 0 atom stereocenters. The molecule has 3 nitrogen and oxygen atoms in total. The van der Waals surface area contributed by atoms with E-state index in [0.717, 1.165) is 72.1 Å². The standard InChI is InChI=1S/C65H47NO2/c1-40-13-5-6-14-51(40)52-29-23-43(33-41(52)2)46-34-45(35-47(36-46)44-24-30-54-53-15-7-10-18-59(53)65(3,4)60(54)37-44)42-21-25-48(26-22-42)66(49-27-31-63-57(38-49)55-16-8-11-19-61(55)67-63)50-28-32-64-58(39-50)56-17-9-12-20-62(56)68-64/h5-39H,1-4H3. The van der Waals surface area contributed by atoms with Gasteiger partial charge in [0.05, 0.1) is 0 Å². The number of para-hydroxylation sites is 2. The molecule has 0 fully saturated rings. The lowest BCUT2D eigenvalue weighted by Gasteiger charge is -2.26. The van der Waals surface area contributed by atoms with Gasteiger partial charge in [-0.3, -0.25) is 0 Å². The Bertz CT molecular complexity index is 3860. The van der Waals surface area contributed by atoms with Crippen LogP contribution in [0.25, 0.3) is 99.5 Å². The van der Waals surface area contributed by atoms with Crippen molar-refractivity contribution in [3.63, 3.8) is 0 Å². The van der Waals surface area contributed by atoms with Crippen LogP contribution in [0.3, 0.4) is 0 Å². The van der Waals surface area contributed by atoms with Crippen LogP contribution >= 0.6 is 0 Å². The fourth-order valence-electron chi connectivity index (χ4n) is 11.0. The minimum atomic E-state index is -0.100. The second kappa shape index (κ2) is 15.3. The average Bonchev–Trinajstić information content (AvgIpc) is 4.01. The van der Waals surface area contributed by atoms with E-state index in [2.05, 4.69) is 221 Å². The van der Waals surface area contributed by atoms with Gasteiger partial charge in [0.2, 0.25) is 0 Å². The van der Waals surface area contributed by atoms with E-state index in [1.54, 1.807) is 0 Å². The Morgan fingerprint density at radius 3 is 1.38 bits per heavy atom. The zero-order valence-corrected chi connectivity index (χ0v) is 38.5. The summed E-state index contributed by atoms with van der Waals surface area (Å²) in [6, 6.07) is 77.3. The summed E-state index contributed by atoms with van der Waals surface area (Å²) in [5, 5.41) is 4.37. The molecule has 1 aliphatic rings. The third-order valence-electron chi connectivity index (χ3n) is 14.5. The Labute approximate surface area is 396 Å². The fraction of sp³-hybridized carbons (Fsp3) is 0.0769. The first-order valence-electron chi connectivity index (χ1n) is 23.6. The minimum absolute atomic E-state index is 0.100. The molecule has 0 bridgehead atoms. The molecule has 0 unspecified atom stereocenters. The molecule has 0 saturated heterocycles. The molecule has 3 heteroatoms. The van der Waals surface area contributed by atoms with Gasteiger partial charge in [0.1, 0.15) is 22.3 Å². The topological polar surface area (TPSA) is 29.5 Å². The maximum atomic E-state index is 6.29. The first-order valence-corrected chi connectivity index (χ1v) is 23.6. The lowest BCUT2D eigenvalue weighted by molar-refractivity contribution is 0.660. The number of hydrogen-bond donors (Lipinski definition) is 0. The van der Waals surface area contributed by atoms with Crippen LogP contribution in [0.5, 0.6) is 0 Å². The Balaban J connectivity index is 0.952. The van der Waals surface area contributed by atoms with Crippen LogP contribution < -0.4 is 4.90 Å². The molecule has 0 radical (unpaired) electrons. The number of benzene rings is 10. The molecule has 13 rings (SSSR count). The van der Waals surface area contributed by atoms with Gasteiger partial charge >= 0.3 is 0 Å². The van der Waals surface area contributed by atoms with E-state index in [0.29, 0.717) is 0 Å². The van der Waals surface area contributed by atoms with E-state index in [4.69, 9.17) is 8.83 Å². The highest BCUT2D eigenvalue weighted by molar-refractivity contribution is 6.08. The highest BCUT2D eigenvalue weighted by Gasteiger charge is 2.35. The number of aryl methyl sites for hydroxylation is 2. The van der Waals surface area contributed by atoms with Gasteiger partial charge in [-0.1, -0.05) is 141 Å². The van der Waals surface area contributed by atoms with Crippen LogP contribution in [-0.2, 0) is 5.41 Å². The van der Waals surface area contributed by atoms with Gasteiger partial charge in [-0.05, 0) is 177 Å². The molecule has 324 valence electrons. The van der Waals surface area contributed by atoms with Crippen molar-refractivity contribution in [2.24, 2.45) is 0 Å². The van der Waals surface area contributed by atoms with Crippen molar-refractivity contribution >= 4 is 60.9 Å². The minimum Gasteiger partial charge on any atom is -0.456 e. The molecule has 0 N–H and O–H groups in total. The first-order chi connectivity index (χ1) is 33.2. The van der Waals surface area contributed by atoms with Crippen molar-refractivity contribution in [1.29, 1.82) is 0 Å². The summed E-state index contributed by atoms with van der Waals surface area (Å²) in [6.07, 6.45) is 0. The second-order valence-electron chi connectivity index (χ2n) is 19.0. The van der Waals surface area contributed by atoms with E-state index in [9.17, 15) is 0 Å². The third-order valence-corrected chi connectivity index (χ3v) is 14.5. The highest BCUT2D eigenvalue weighted by atomic mass is 16.3. The maximum Gasteiger partial charge on any atom is 0.135 e. The van der Waals surface area contributed by atoms with Gasteiger partial charge in [0, 0.05) is 44.0 Å². The number of hydrogen-bond acceptors (Lipinski definition) is 3. The molecule has 1 aliphatic carbocycles. The Morgan fingerprint density at radius 2 is 0.765 bits per heavy atom. The van der Waals surface area contributed by atoms with Crippen molar-refractivity contribution in [2.75, 3.05) is 4.90 Å². The molecule has 0 saturated carbocycles. The van der Waals surface area contributed by atoms with Crippen molar-refractivity contribution in [1.82, 2.24) is 0 Å². The zero-order chi connectivity index (χ0) is 45.7. The summed E-state index contributed by atoms with van der Waals surface area (Å²) in [6.45, 7) is 9.15. The van der Waals surface area contributed by atoms with Crippen LogP contribution in [-0.4, -0.2) is 0 Å². The molecular formula is C65H47NO2. The number of anilines is 3. The molecular weight excluding hydrogens is 827 g/mol. The van der Waals surface area contributed by atoms with E-state index in [1.165, 1.54) is 66.8 Å². The molecule has 68 heavy (non-hydrogen) atoms. The van der Waals surface area contributed by atoms with Gasteiger partial charge in [0.25, 0.3) is 0 Å². The molecule has 10 aromatic carbocycles. The summed E-state index contributed by atoms with van der Waals surface area (Å²) >= 11 is 0. The molecule has 12 aromatic rings. The number of furan rings is 2. The summed E-state index contributed by atoms with van der Waals surface area (Å²) in [4.78, 5) is 2.34. The zero-order valence-electron chi connectivity index (χ0n) is 38.5. The van der Waals surface area contributed by atoms with Crippen LogP contribution in [0.2, 0.25) is 0 Å². The number of fused-ring (bicyclic) bond motifs is 9. The SMILES string of the molecule is Cc1ccccc1-c1ccc(-c2cc(-c3ccc(N(c4ccc5oc6ccccc6c5c4)c4ccc5oc6ccccc6c5c4)cc3)cc(-c3ccc4c(c3)C(C)(C)c3ccccc3-4)c2)cc1C. The summed E-state index contributed by atoms with van der Waals surface area (Å²) in [5.41, 5.74) is 24.1. The summed E-state index contributed by atoms with van der Waals surface area (Å²) < 4.78 is 12.6. The fourth-order valence-corrected chi connectivity index (χ4v) is 11.0. The van der Waals surface area contributed by atoms with E-state index in [1.807, 2.05) is 24.3 Å². The smallest absolute Gasteiger partial charge is 0.135 e. The Hall–Kier alpha value is -8.40. The van der Waals surface area contributed by atoms with Crippen LogP contribution in [0.15, 0.2) is 221 Å². The predicted molar refractivity (Wildman–Crippen MR) is 284 cm³/mol. The lowest BCUT2D eigenvalue weighted by atomic mass is 9.81. The number of nitrogens with zero attached hydrogens (tertiary/aromatic N) is 1. The quantitative estimate of drug-likeness (QED) is 0.160. The van der Waals surface area contributed by atoms with Gasteiger partial charge in [-0.15, -0.1) is 0 Å². The van der Waals surface area contributed by atoms with Gasteiger partial charge < -0.3 is 13.7 Å². The molecule has 0 amide bonds. The summed E-state index contributed by atoms with van der Waals surface area (Å²) in [5.74, 6) is 0. The van der Waals surface area contributed by atoms with E-state index in [-0.39, 0.29) is 5.41 Å². The maximum absolute atomic E-state index is 6.29. The van der Waals surface area contributed by atoms with Crippen molar-refractivity contribution < 1.29 is 8.83 Å². The Morgan fingerprint density at radius 1 is 0.309 bits per heavy atom. The molecule has 0 aliphatic heterocycles. The predicted octanol–water partition coefficient (Wildman–Crippen LogP) is 18.5. The average molecular weight is 874 g/mol. The van der Waals surface area contributed by atoms with Crippen LogP contribution in [0.4, 0.5) is 17.1 Å². The van der Waals surface area contributed by atoms with E-state index < -0.39 is 0 Å². The van der Waals surface area contributed by atoms with Crippen molar-refractivity contribution in [3.8, 4) is 55.6 Å². The van der Waals surface area contributed by atoms with E-state index >= 15 is 0 Å². The highest BCUT2D eigenvalue weighted by Crippen LogP contribution is 2.50. The van der Waals surface area contributed by atoms with Crippen molar-refractivity contribution in [2.45, 2.75) is 33.1 Å². The second-order valence-corrected chi connectivity index (χ2v) is 19.0. The third kappa shape index (κ3) is 6.42. The molecule has 0 spiro atoms. The van der Waals surface area contributed by atoms with Gasteiger partial charge in [0.15, 0.2) is 0 Å². The normalized spacial score (nSPS) is 12.8. The van der Waals surface area contributed by atoms with Crippen LogP contribution in [0.1, 0.15) is 36.1 Å². The van der Waals surface area contributed by atoms with Gasteiger partial charge in [-0.2, -0.15) is 0 Å². The van der Waals surface area contributed by atoms with Crippen molar-refractivity contribution in [3.05, 3.63) is 235 Å². The Kier molecular flexibility index (Phi) is 9.00. The lowest BCUT2D eigenvalue weighted by Crippen LogP contribution is -2.14.